The summed E-state index contributed by atoms with van der Waals surface area (Å²) in [6, 6.07) is 12.5. The summed E-state index contributed by atoms with van der Waals surface area (Å²) in [6.07, 6.45) is 5.93. The summed E-state index contributed by atoms with van der Waals surface area (Å²) in [5, 5.41) is 0. The van der Waals surface area contributed by atoms with Gasteiger partial charge in [-0.15, -0.1) is 0 Å². The van der Waals surface area contributed by atoms with Gasteiger partial charge in [0.2, 0.25) is 0 Å². The normalized spacial score (nSPS) is 12.0. The molecule has 0 aliphatic rings. The van der Waals surface area contributed by atoms with Crippen molar-refractivity contribution in [2.45, 2.75) is 44.9 Å². The van der Waals surface area contributed by atoms with Crippen LogP contribution in [0.15, 0.2) is 42.5 Å². The maximum Gasteiger partial charge on any atom is 0.150 e. The van der Waals surface area contributed by atoms with E-state index in [0.29, 0.717) is 11.5 Å². The summed E-state index contributed by atoms with van der Waals surface area (Å²) < 4.78 is 18.5. The van der Waals surface area contributed by atoms with Crippen molar-refractivity contribution in [3.63, 3.8) is 0 Å². The molecule has 0 saturated heterocycles. The molecule has 2 rings (SSSR count). The van der Waals surface area contributed by atoms with Crippen molar-refractivity contribution in [1.82, 2.24) is 0 Å². The Labute approximate surface area is 143 Å². The van der Waals surface area contributed by atoms with Gasteiger partial charge in [0.05, 0.1) is 7.11 Å². The van der Waals surface area contributed by atoms with E-state index < -0.39 is 0 Å². The van der Waals surface area contributed by atoms with E-state index in [-0.39, 0.29) is 5.82 Å². The lowest BCUT2D eigenvalue weighted by Gasteiger charge is -2.17. The summed E-state index contributed by atoms with van der Waals surface area (Å²) in [7, 11) is 1.62. The van der Waals surface area contributed by atoms with Gasteiger partial charge in [-0.1, -0.05) is 25.5 Å². The molecule has 2 nitrogen and oxygen atoms in total. The number of rotatable bonds is 9. The SMILES string of the molecule is CCC(CCCCc1cccc(F)c1)c1cc(C=O)cc(OC)c1. The quantitative estimate of drug-likeness (QED) is 0.445. The average Bonchev–Trinajstić information content (AvgIpc) is 2.61. The highest BCUT2D eigenvalue weighted by Crippen LogP contribution is 2.29. The third-order valence-electron chi connectivity index (χ3n) is 4.44. The number of benzene rings is 2. The molecule has 1 unspecified atom stereocenters. The van der Waals surface area contributed by atoms with Crippen molar-refractivity contribution in [2.75, 3.05) is 7.11 Å². The van der Waals surface area contributed by atoms with Crippen LogP contribution in [-0.4, -0.2) is 13.4 Å². The molecule has 0 radical (unpaired) electrons. The zero-order chi connectivity index (χ0) is 17.4. The van der Waals surface area contributed by atoms with Crippen molar-refractivity contribution in [3.8, 4) is 5.75 Å². The van der Waals surface area contributed by atoms with Crippen molar-refractivity contribution in [3.05, 3.63) is 65.0 Å². The molecule has 3 heteroatoms. The minimum atomic E-state index is -0.170. The van der Waals surface area contributed by atoms with Gasteiger partial charge in [-0.05, 0) is 73.1 Å². The molecule has 0 bridgehead atoms. The van der Waals surface area contributed by atoms with Gasteiger partial charge in [-0.2, -0.15) is 0 Å². The Bertz CT molecular complexity index is 667. The topological polar surface area (TPSA) is 26.3 Å². The molecule has 0 aliphatic heterocycles. The third-order valence-corrected chi connectivity index (χ3v) is 4.44. The first kappa shape index (κ1) is 18.2. The standard InChI is InChI=1S/C21H25FO2/c1-3-18(19-11-17(15-23)13-21(14-19)24-2)9-5-4-7-16-8-6-10-20(22)12-16/h6,8,10-15,18H,3-5,7,9H2,1-2H3. The number of aldehydes is 1. The fourth-order valence-corrected chi connectivity index (χ4v) is 3.09. The van der Waals surface area contributed by atoms with E-state index >= 15 is 0 Å². The lowest BCUT2D eigenvalue weighted by molar-refractivity contribution is 0.112. The summed E-state index contributed by atoms with van der Waals surface area (Å²) in [5.41, 5.74) is 2.86. The molecule has 0 aliphatic carbocycles. The Morgan fingerprint density at radius 1 is 1.17 bits per heavy atom. The van der Waals surface area contributed by atoms with E-state index in [1.165, 1.54) is 6.07 Å². The first-order valence-corrected chi connectivity index (χ1v) is 8.54. The van der Waals surface area contributed by atoms with Crippen molar-refractivity contribution in [2.24, 2.45) is 0 Å². The molecule has 0 saturated carbocycles. The van der Waals surface area contributed by atoms with Gasteiger partial charge in [0.25, 0.3) is 0 Å². The van der Waals surface area contributed by atoms with Crippen LogP contribution in [0.1, 0.15) is 60.0 Å². The third kappa shape index (κ3) is 5.19. The van der Waals surface area contributed by atoms with Crippen LogP contribution in [0.5, 0.6) is 5.75 Å². The average molecular weight is 328 g/mol. The number of carbonyl (C=O) groups excluding carboxylic acids is 1. The van der Waals surface area contributed by atoms with Crippen LogP contribution in [0.3, 0.4) is 0 Å². The molecule has 2 aromatic rings. The van der Waals surface area contributed by atoms with E-state index in [9.17, 15) is 9.18 Å². The van der Waals surface area contributed by atoms with Gasteiger partial charge in [0, 0.05) is 5.56 Å². The van der Waals surface area contributed by atoms with E-state index in [1.807, 2.05) is 18.2 Å². The smallest absolute Gasteiger partial charge is 0.150 e. The minimum absolute atomic E-state index is 0.170. The predicted octanol–water partition coefficient (Wildman–Crippen LogP) is 5.55. The Kier molecular flexibility index (Phi) is 6.98. The molecule has 2 aromatic carbocycles. The lowest BCUT2D eigenvalue weighted by Crippen LogP contribution is -2.00. The monoisotopic (exact) mass is 328 g/mol. The largest absolute Gasteiger partial charge is 0.497 e. The fourth-order valence-electron chi connectivity index (χ4n) is 3.09. The van der Waals surface area contributed by atoms with Crippen molar-refractivity contribution < 1.29 is 13.9 Å². The highest BCUT2D eigenvalue weighted by molar-refractivity contribution is 5.76. The first-order chi connectivity index (χ1) is 11.7. The van der Waals surface area contributed by atoms with Gasteiger partial charge in [0.1, 0.15) is 17.9 Å². The predicted molar refractivity (Wildman–Crippen MR) is 95.4 cm³/mol. The van der Waals surface area contributed by atoms with E-state index in [4.69, 9.17) is 4.74 Å². The molecule has 0 spiro atoms. The van der Waals surface area contributed by atoms with Crippen molar-refractivity contribution in [1.29, 1.82) is 0 Å². The van der Waals surface area contributed by atoms with Crippen LogP contribution < -0.4 is 4.74 Å². The van der Waals surface area contributed by atoms with Crippen LogP contribution in [0.25, 0.3) is 0 Å². The zero-order valence-corrected chi connectivity index (χ0v) is 14.4. The van der Waals surface area contributed by atoms with Crippen LogP contribution >= 0.6 is 0 Å². The fraction of sp³-hybridized carbons (Fsp3) is 0.381. The molecule has 0 aromatic heterocycles. The highest BCUT2D eigenvalue weighted by Gasteiger charge is 2.12. The maximum absolute atomic E-state index is 13.2. The van der Waals surface area contributed by atoms with Crippen LogP contribution in [0.4, 0.5) is 4.39 Å². The van der Waals surface area contributed by atoms with Gasteiger partial charge < -0.3 is 4.74 Å². The summed E-state index contributed by atoms with van der Waals surface area (Å²) in [5.74, 6) is 0.968. The summed E-state index contributed by atoms with van der Waals surface area (Å²) in [4.78, 5) is 11.1. The van der Waals surface area contributed by atoms with Gasteiger partial charge in [0.15, 0.2) is 0 Å². The second-order valence-corrected chi connectivity index (χ2v) is 6.14. The number of halogens is 1. The summed E-state index contributed by atoms with van der Waals surface area (Å²) in [6.45, 7) is 2.16. The van der Waals surface area contributed by atoms with Gasteiger partial charge in [-0.3, -0.25) is 4.79 Å². The number of hydrogen-bond acceptors (Lipinski definition) is 2. The Morgan fingerprint density at radius 2 is 2.00 bits per heavy atom. The Balaban J connectivity index is 1.93. The molecular weight excluding hydrogens is 303 g/mol. The molecule has 0 fully saturated rings. The molecule has 1 atom stereocenters. The van der Waals surface area contributed by atoms with Crippen molar-refractivity contribution >= 4 is 6.29 Å². The number of carbonyl (C=O) groups is 1. The zero-order valence-electron chi connectivity index (χ0n) is 14.4. The summed E-state index contributed by atoms with van der Waals surface area (Å²) >= 11 is 0. The van der Waals surface area contributed by atoms with Gasteiger partial charge >= 0.3 is 0 Å². The maximum atomic E-state index is 13.2. The Hall–Kier alpha value is -2.16. The van der Waals surface area contributed by atoms with E-state index in [2.05, 4.69) is 6.92 Å². The van der Waals surface area contributed by atoms with Gasteiger partial charge in [-0.25, -0.2) is 4.39 Å². The van der Waals surface area contributed by atoms with Crippen LogP contribution in [0, 0.1) is 5.82 Å². The molecule has 24 heavy (non-hydrogen) atoms. The van der Waals surface area contributed by atoms with Crippen LogP contribution in [0.2, 0.25) is 0 Å². The van der Waals surface area contributed by atoms with E-state index in [1.54, 1.807) is 25.3 Å². The highest BCUT2D eigenvalue weighted by atomic mass is 19.1. The minimum Gasteiger partial charge on any atom is -0.497 e. The molecule has 128 valence electrons. The van der Waals surface area contributed by atoms with Crippen LogP contribution in [-0.2, 0) is 6.42 Å². The number of unbranched alkanes of at least 4 members (excludes halogenated alkanes) is 1. The number of ether oxygens (including phenoxy) is 1. The number of aryl methyl sites for hydroxylation is 1. The second-order valence-electron chi connectivity index (χ2n) is 6.14. The second kappa shape index (κ2) is 9.21. The number of hydrogen-bond donors (Lipinski definition) is 0. The molecule has 0 heterocycles. The van der Waals surface area contributed by atoms with E-state index in [0.717, 1.165) is 55.3 Å². The molecule has 0 amide bonds. The molecular formula is C21H25FO2. The lowest BCUT2D eigenvalue weighted by atomic mass is 9.89. The Morgan fingerprint density at radius 3 is 2.67 bits per heavy atom. The molecule has 0 N–H and O–H groups in total. The number of methoxy groups -OCH3 is 1. The first-order valence-electron chi connectivity index (χ1n) is 8.54.